The van der Waals surface area contributed by atoms with Gasteiger partial charge in [-0.3, -0.25) is 4.79 Å². The Bertz CT molecular complexity index is 1600. The van der Waals surface area contributed by atoms with Crippen LogP contribution in [0.2, 0.25) is 0 Å². The van der Waals surface area contributed by atoms with E-state index in [9.17, 15) is 9.59 Å². The summed E-state index contributed by atoms with van der Waals surface area (Å²) in [5, 5.41) is 0. The minimum absolute atomic E-state index is 0.0495. The van der Waals surface area contributed by atoms with Gasteiger partial charge in [0.2, 0.25) is 0 Å². The van der Waals surface area contributed by atoms with Crippen molar-refractivity contribution < 1.29 is 19.1 Å². The lowest BCUT2D eigenvalue weighted by molar-refractivity contribution is 0.0526. The van der Waals surface area contributed by atoms with Crippen molar-refractivity contribution in [1.82, 2.24) is 4.90 Å². The summed E-state index contributed by atoms with van der Waals surface area (Å²) in [6, 6.07) is 29.1. The fraction of sp³-hybridized carbons (Fsp3) is 0.278. The molecule has 7 heteroatoms. The van der Waals surface area contributed by atoms with E-state index in [0.717, 1.165) is 59.8 Å². The van der Waals surface area contributed by atoms with E-state index in [1.807, 2.05) is 84.9 Å². The maximum absolute atomic E-state index is 14.2. The smallest absolute Gasteiger partial charge is 0.418 e. The average molecular weight is 576 g/mol. The van der Waals surface area contributed by atoms with Crippen molar-refractivity contribution in [3.63, 3.8) is 0 Å². The first kappa shape index (κ1) is 28.3. The number of anilines is 2. The third-order valence-electron chi connectivity index (χ3n) is 8.66. The molecule has 0 fully saturated rings. The van der Waals surface area contributed by atoms with Crippen LogP contribution in [0.25, 0.3) is 0 Å². The lowest BCUT2D eigenvalue weighted by Gasteiger charge is -2.43. The van der Waals surface area contributed by atoms with E-state index in [-0.39, 0.29) is 6.61 Å². The lowest BCUT2D eigenvalue weighted by Crippen LogP contribution is -2.50. The van der Waals surface area contributed by atoms with Gasteiger partial charge in [0.05, 0.1) is 0 Å². The molecule has 6 rings (SSSR count). The van der Waals surface area contributed by atoms with Gasteiger partial charge in [-0.2, -0.15) is 0 Å². The molecule has 2 aliphatic heterocycles. The number of rotatable bonds is 8. The molecule has 4 aromatic carbocycles. The van der Waals surface area contributed by atoms with Gasteiger partial charge < -0.3 is 19.3 Å². The second-order valence-electron chi connectivity index (χ2n) is 10.7. The summed E-state index contributed by atoms with van der Waals surface area (Å²) < 4.78 is 12.6. The van der Waals surface area contributed by atoms with Gasteiger partial charge in [0.1, 0.15) is 23.6 Å². The van der Waals surface area contributed by atoms with Crippen molar-refractivity contribution in [2.24, 2.45) is 0 Å². The molecule has 0 aromatic heterocycles. The summed E-state index contributed by atoms with van der Waals surface area (Å²) in [4.78, 5) is 34.2. The van der Waals surface area contributed by atoms with Crippen LogP contribution in [0.15, 0.2) is 91.0 Å². The van der Waals surface area contributed by atoms with Crippen molar-refractivity contribution in [2.45, 2.75) is 39.8 Å². The number of hydrogen-bond acceptors (Lipinski definition) is 6. The van der Waals surface area contributed by atoms with Crippen molar-refractivity contribution in [2.75, 3.05) is 36.0 Å². The zero-order valence-electron chi connectivity index (χ0n) is 25.2. The molecule has 43 heavy (non-hydrogen) atoms. The van der Waals surface area contributed by atoms with E-state index in [1.54, 1.807) is 6.07 Å². The van der Waals surface area contributed by atoms with E-state index < -0.39 is 17.5 Å². The second-order valence-corrected chi connectivity index (χ2v) is 10.7. The summed E-state index contributed by atoms with van der Waals surface area (Å²) in [5.74, 6) is 0.825. The monoisotopic (exact) mass is 575 g/mol. The first-order chi connectivity index (χ1) is 21.0. The molecule has 0 bridgehead atoms. The first-order valence-corrected chi connectivity index (χ1v) is 15.1. The molecule has 1 spiro atoms. The normalized spacial score (nSPS) is 14.0. The first-order valence-electron chi connectivity index (χ1n) is 15.1. The zero-order chi connectivity index (χ0) is 30.1. The van der Waals surface area contributed by atoms with Gasteiger partial charge in [-0.15, -0.1) is 0 Å². The van der Waals surface area contributed by atoms with Crippen molar-refractivity contribution in [3.05, 3.63) is 119 Å². The largest absolute Gasteiger partial charge is 0.456 e. The third-order valence-corrected chi connectivity index (χ3v) is 8.66. The SMILES string of the molecule is CCN(CC)c1ccc2c(c1)Oc1cc(N(CC)CC)ccc1C21c2ccccc2C(=O)N1C(=O)OCc1ccccc1. The van der Waals surface area contributed by atoms with Gasteiger partial charge in [0.15, 0.2) is 0 Å². The van der Waals surface area contributed by atoms with Crippen LogP contribution in [0, 0.1) is 0 Å². The number of nitrogens with zero attached hydrogens (tertiary/aromatic N) is 3. The molecule has 0 radical (unpaired) electrons. The average Bonchev–Trinajstić information content (AvgIpc) is 3.30. The molecular weight excluding hydrogens is 538 g/mol. The standard InChI is InChI=1S/C36H37N3O4/c1-5-37(6-2)26-18-20-30-32(22-26)43-33-23-27(38(7-3)8-4)19-21-31(33)36(30)29-17-13-12-16-28(29)34(40)39(36)35(41)42-24-25-14-10-9-11-15-25/h9-23H,5-8,24H2,1-4H3. The molecule has 220 valence electrons. The third kappa shape index (κ3) is 4.51. The minimum atomic E-state index is -1.27. The predicted molar refractivity (Wildman–Crippen MR) is 169 cm³/mol. The molecule has 0 N–H and O–H groups in total. The second kappa shape index (κ2) is 11.5. The molecule has 0 aliphatic carbocycles. The maximum atomic E-state index is 14.2. The van der Waals surface area contributed by atoms with Crippen LogP contribution in [-0.2, 0) is 16.9 Å². The van der Waals surface area contributed by atoms with Crippen LogP contribution in [0.3, 0.4) is 0 Å². The predicted octanol–water partition coefficient (Wildman–Crippen LogP) is 7.57. The van der Waals surface area contributed by atoms with Gasteiger partial charge in [0.25, 0.3) is 5.91 Å². The van der Waals surface area contributed by atoms with Gasteiger partial charge in [-0.05, 0) is 51.5 Å². The highest BCUT2D eigenvalue weighted by molar-refractivity contribution is 6.10. The van der Waals surface area contributed by atoms with Crippen molar-refractivity contribution in [1.29, 1.82) is 0 Å². The number of fused-ring (bicyclic) bond motifs is 6. The number of ether oxygens (including phenoxy) is 2. The van der Waals surface area contributed by atoms with Crippen LogP contribution >= 0.6 is 0 Å². The Morgan fingerprint density at radius 3 is 1.81 bits per heavy atom. The van der Waals surface area contributed by atoms with Gasteiger partial charge in [-0.25, -0.2) is 9.69 Å². The van der Waals surface area contributed by atoms with E-state index in [1.165, 1.54) is 4.90 Å². The molecule has 2 heterocycles. The molecular formula is C36H37N3O4. The highest BCUT2D eigenvalue weighted by atomic mass is 16.6. The number of hydrogen-bond donors (Lipinski definition) is 0. The van der Waals surface area contributed by atoms with Gasteiger partial charge in [-0.1, -0.05) is 60.7 Å². The molecule has 2 amide bonds. The maximum Gasteiger partial charge on any atom is 0.418 e. The minimum Gasteiger partial charge on any atom is -0.456 e. The van der Waals surface area contributed by atoms with Crippen molar-refractivity contribution >= 4 is 23.4 Å². The Labute approximate surface area is 253 Å². The lowest BCUT2D eigenvalue weighted by atomic mass is 9.74. The quantitative estimate of drug-likeness (QED) is 0.216. The van der Waals surface area contributed by atoms with Crippen LogP contribution < -0.4 is 14.5 Å². The number of carbonyl (C=O) groups excluding carboxylic acids is 2. The highest BCUT2D eigenvalue weighted by Crippen LogP contribution is 2.58. The zero-order valence-corrected chi connectivity index (χ0v) is 25.2. The molecule has 0 saturated heterocycles. The molecule has 0 saturated carbocycles. The summed E-state index contributed by atoms with van der Waals surface area (Å²) in [5.41, 5.74) is 4.24. The van der Waals surface area contributed by atoms with Crippen LogP contribution in [0.5, 0.6) is 11.5 Å². The number of amides is 2. The van der Waals surface area contributed by atoms with Gasteiger partial charge >= 0.3 is 6.09 Å². The van der Waals surface area contributed by atoms with Crippen LogP contribution in [0.1, 0.15) is 60.3 Å². The summed E-state index contributed by atoms with van der Waals surface area (Å²) in [6.07, 6.45) is -0.704. The fourth-order valence-corrected chi connectivity index (χ4v) is 6.54. The Balaban J connectivity index is 1.59. The Kier molecular flexibility index (Phi) is 7.57. The van der Waals surface area contributed by atoms with Crippen LogP contribution in [0.4, 0.5) is 16.2 Å². The molecule has 2 aliphatic rings. The Morgan fingerprint density at radius 2 is 1.26 bits per heavy atom. The highest BCUT2D eigenvalue weighted by Gasteiger charge is 2.59. The van der Waals surface area contributed by atoms with E-state index >= 15 is 0 Å². The van der Waals surface area contributed by atoms with E-state index in [2.05, 4.69) is 37.5 Å². The topological polar surface area (TPSA) is 62.3 Å². The molecule has 0 atom stereocenters. The number of imide groups is 1. The number of carbonyl (C=O) groups is 2. The van der Waals surface area contributed by atoms with Crippen LogP contribution in [-0.4, -0.2) is 43.1 Å². The van der Waals surface area contributed by atoms with Gasteiger partial charge in [0, 0.05) is 71.9 Å². The summed E-state index contributed by atoms with van der Waals surface area (Å²) in [7, 11) is 0. The Morgan fingerprint density at radius 1 is 0.721 bits per heavy atom. The molecule has 4 aromatic rings. The Hall–Kier alpha value is -4.78. The molecule has 7 nitrogen and oxygen atoms in total. The number of benzene rings is 4. The summed E-state index contributed by atoms with van der Waals surface area (Å²) in [6.45, 7) is 11.9. The molecule has 0 unspecified atom stereocenters. The van der Waals surface area contributed by atoms with Crippen molar-refractivity contribution in [3.8, 4) is 11.5 Å². The fourth-order valence-electron chi connectivity index (χ4n) is 6.54. The van der Waals surface area contributed by atoms with E-state index in [4.69, 9.17) is 9.47 Å². The summed E-state index contributed by atoms with van der Waals surface area (Å²) >= 11 is 0. The van der Waals surface area contributed by atoms with E-state index in [0.29, 0.717) is 17.1 Å².